The van der Waals surface area contributed by atoms with Gasteiger partial charge < -0.3 is 10.4 Å². The van der Waals surface area contributed by atoms with E-state index in [0.717, 1.165) is 31.5 Å². The lowest BCUT2D eigenvalue weighted by Gasteiger charge is -2.33. The molecule has 0 saturated carbocycles. The summed E-state index contributed by atoms with van der Waals surface area (Å²) in [6.45, 7) is 1.71. The number of nitrogens with one attached hydrogen (secondary N) is 1. The molecule has 1 aromatic carbocycles. The highest BCUT2D eigenvalue weighted by molar-refractivity contribution is 6.33. The Bertz CT molecular complexity index is 375. The molecule has 0 atom stereocenters. The maximum Gasteiger partial charge on any atom is 0.0712 e. The Kier molecular flexibility index (Phi) is 3.75. The molecule has 0 amide bonds. The number of benzene rings is 1. The van der Waals surface area contributed by atoms with E-state index in [1.807, 2.05) is 6.07 Å². The molecule has 1 saturated heterocycles. The highest BCUT2D eigenvalue weighted by atomic mass is 35.5. The largest absolute Gasteiger partial charge is 0.389 e. The lowest BCUT2D eigenvalue weighted by atomic mass is 9.86. The lowest BCUT2D eigenvalue weighted by molar-refractivity contribution is 0.0109. The van der Waals surface area contributed by atoms with Crippen molar-refractivity contribution < 1.29 is 5.11 Å². The van der Waals surface area contributed by atoms with Gasteiger partial charge in [-0.3, -0.25) is 0 Å². The van der Waals surface area contributed by atoms with Gasteiger partial charge in [-0.05, 0) is 49.7 Å². The van der Waals surface area contributed by atoms with Crippen LogP contribution < -0.4 is 5.32 Å². The van der Waals surface area contributed by atoms with Crippen molar-refractivity contribution >= 4 is 23.2 Å². The topological polar surface area (TPSA) is 32.3 Å². The van der Waals surface area contributed by atoms with Gasteiger partial charge in [0.25, 0.3) is 0 Å². The van der Waals surface area contributed by atoms with E-state index in [1.165, 1.54) is 0 Å². The monoisotopic (exact) mass is 259 g/mol. The predicted octanol–water partition coefficient (Wildman–Crippen LogP) is 2.65. The van der Waals surface area contributed by atoms with Gasteiger partial charge >= 0.3 is 0 Å². The van der Waals surface area contributed by atoms with E-state index >= 15 is 0 Å². The van der Waals surface area contributed by atoms with Crippen molar-refractivity contribution in [2.45, 2.75) is 24.9 Å². The number of aliphatic hydroxyl groups is 1. The average Bonchev–Trinajstić information content (AvgIpc) is 2.24. The first-order valence-corrected chi connectivity index (χ1v) is 6.22. The number of hydrogen-bond acceptors (Lipinski definition) is 2. The molecular formula is C12H15Cl2NO. The summed E-state index contributed by atoms with van der Waals surface area (Å²) < 4.78 is 0. The van der Waals surface area contributed by atoms with E-state index < -0.39 is 5.60 Å². The molecule has 0 aromatic heterocycles. The minimum absolute atomic E-state index is 0.577. The Hall–Kier alpha value is -0.280. The highest BCUT2D eigenvalue weighted by Gasteiger charge is 2.29. The summed E-state index contributed by atoms with van der Waals surface area (Å²) in [5.74, 6) is 0. The molecule has 1 heterocycles. The molecule has 0 aliphatic carbocycles. The van der Waals surface area contributed by atoms with Crippen LogP contribution in [0.1, 0.15) is 18.4 Å². The van der Waals surface area contributed by atoms with E-state index in [0.29, 0.717) is 16.5 Å². The van der Waals surface area contributed by atoms with Gasteiger partial charge in [-0.15, -0.1) is 0 Å². The van der Waals surface area contributed by atoms with Crippen LogP contribution in [0.5, 0.6) is 0 Å². The van der Waals surface area contributed by atoms with Gasteiger partial charge in [-0.2, -0.15) is 0 Å². The van der Waals surface area contributed by atoms with E-state index in [-0.39, 0.29) is 0 Å². The van der Waals surface area contributed by atoms with Gasteiger partial charge in [-0.1, -0.05) is 23.2 Å². The Morgan fingerprint density at radius 2 is 1.94 bits per heavy atom. The van der Waals surface area contributed by atoms with Crippen molar-refractivity contribution in [2.75, 3.05) is 13.1 Å². The van der Waals surface area contributed by atoms with Crippen LogP contribution in [0.3, 0.4) is 0 Å². The smallest absolute Gasteiger partial charge is 0.0712 e. The average molecular weight is 260 g/mol. The zero-order valence-corrected chi connectivity index (χ0v) is 10.5. The molecule has 2 nitrogen and oxygen atoms in total. The first-order chi connectivity index (χ1) is 7.59. The molecule has 0 spiro atoms. The lowest BCUT2D eigenvalue weighted by Crippen LogP contribution is -2.43. The van der Waals surface area contributed by atoms with Gasteiger partial charge in [0.2, 0.25) is 0 Å². The summed E-state index contributed by atoms with van der Waals surface area (Å²) in [7, 11) is 0. The van der Waals surface area contributed by atoms with Crippen molar-refractivity contribution in [1.29, 1.82) is 0 Å². The second-order valence-corrected chi connectivity index (χ2v) is 5.23. The molecule has 2 N–H and O–H groups in total. The first-order valence-electron chi connectivity index (χ1n) is 5.46. The molecular weight excluding hydrogens is 245 g/mol. The van der Waals surface area contributed by atoms with E-state index in [1.54, 1.807) is 12.1 Å². The molecule has 1 fully saturated rings. The number of rotatable bonds is 2. The van der Waals surface area contributed by atoms with Gasteiger partial charge in [0.1, 0.15) is 0 Å². The SMILES string of the molecule is OC1(Cc2cc(Cl)ccc2Cl)CCNCC1. The Labute approximate surface area is 106 Å². The zero-order chi connectivity index (χ0) is 11.6. The summed E-state index contributed by atoms with van der Waals surface area (Å²) in [6, 6.07) is 5.38. The molecule has 4 heteroatoms. The van der Waals surface area contributed by atoms with Crippen LogP contribution in [-0.2, 0) is 6.42 Å². The fourth-order valence-corrected chi connectivity index (χ4v) is 2.48. The highest BCUT2D eigenvalue weighted by Crippen LogP contribution is 2.28. The molecule has 88 valence electrons. The Balaban J connectivity index is 2.15. The molecule has 1 aliphatic rings. The first kappa shape index (κ1) is 12.2. The summed E-state index contributed by atoms with van der Waals surface area (Å²) in [6.07, 6.45) is 2.10. The summed E-state index contributed by atoms with van der Waals surface area (Å²) in [5.41, 5.74) is 0.290. The minimum atomic E-state index is -0.639. The Morgan fingerprint density at radius 3 is 2.62 bits per heavy atom. The summed E-state index contributed by atoms with van der Waals surface area (Å²) >= 11 is 12.0. The summed E-state index contributed by atoms with van der Waals surface area (Å²) in [4.78, 5) is 0. The van der Waals surface area contributed by atoms with Crippen LogP contribution >= 0.6 is 23.2 Å². The standard InChI is InChI=1S/C12H15Cl2NO/c13-10-1-2-11(14)9(7-10)8-12(16)3-5-15-6-4-12/h1-2,7,15-16H,3-6,8H2. The van der Waals surface area contributed by atoms with Crippen LogP contribution in [0.15, 0.2) is 18.2 Å². The fourth-order valence-electron chi connectivity index (χ4n) is 2.10. The van der Waals surface area contributed by atoms with Crippen LogP contribution in [-0.4, -0.2) is 23.8 Å². The molecule has 16 heavy (non-hydrogen) atoms. The maximum atomic E-state index is 10.4. The third-order valence-electron chi connectivity index (χ3n) is 3.06. The van der Waals surface area contributed by atoms with E-state index in [2.05, 4.69) is 5.32 Å². The normalized spacial score (nSPS) is 19.7. The van der Waals surface area contributed by atoms with E-state index in [9.17, 15) is 5.11 Å². The van der Waals surface area contributed by atoms with Crippen LogP contribution in [0.25, 0.3) is 0 Å². The fraction of sp³-hybridized carbons (Fsp3) is 0.500. The molecule has 1 aromatic rings. The third-order valence-corrected chi connectivity index (χ3v) is 3.67. The second-order valence-electron chi connectivity index (χ2n) is 4.39. The molecule has 0 radical (unpaired) electrons. The number of piperidine rings is 1. The Morgan fingerprint density at radius 1 is 1.25 bits per heavy atom. The zero-order valence-electron chi connectivity index (χ0n) is 8.97. The van der Waals surface area contributed by atoms with Crippen LogP contribution in [0, 0.1) is 0 Å². The van der Waals surface area contributed by atoms with Crippen LogP contribution in [0.4, 0.5) is 0 Å². The molecule has 0 bridgehead atoms. The van der Waals surface area contributed by atoms with Crippen molar-refractivity contribution in [2.24, 2.45) is 0 Å². The van der Waals surface area contributed by atoms with Crippen molar-refractivity contribution in [3.63, 3.8) is 0 Å². The van der Waals surface area contributed by atoms with Crippen molar-refractivity contribution in [1.82, 2.24) is 5.32 Å². The molecule has 2 rings (SSSR count). The predicted molar refractivity (Wildman–Crippen MR) is 67.2 cm³/mol. The van der Waals surface area contributed by atoms with Gasteiger partial charge in [0, 0.05) is 16.5 Å². The van der Waals surface area contributed by atoms with Crippen LogP contribution in [0.2, 0.25) is 10.0 Å². The number of hydrogen-bond donors (Lipinski definition) is 2. The number of halogens is 2. The van der Waals surface area contributed by atoms with E-state index in [4.69, 9.17) is 23.2 Å². The second kappa shape index (κ2) is 4.92. The summed E-state index contributed by atoms with van der Waals surface area (Å²) in [5, 5.41) is 15.0. The molecule has 1 aliphatic heterocycles. The van der Waals surface area contributed by atoms with Gasteiger partial charge in [-0.25, -0.2) is 0 Å². The van der Waals surface area contributed by atoms with Crippen molar-refractivity contribution in [3.05, 3.63) is 33.8 Å². The molecule has 0 unspecified atom stereocenters. The third kappa shape index (κ3) is 2.89. The minimum Gasteiger partial charge on any atom is -0.389 e. The van der Waals surface area contributed by atoms with Crippen molar-refractivity contribution in [3.8, 4) is 0 Å². The van der Waals surface area contributed by atoms with Gasteiger partial charge in [0.15, 0.2) is 0 Å². The maximum absolute atomic E-state index is 10.4. The quantitative estimate of drug-likeness (QED) is 0.856. The van der Waals surface area contributed by atoms with Gasteiger partial charge in [0.05, 0.1) is 5.60 Å².